The number of benzene rings is 1. The molecule has 118 valence electrons. The highest BCUT2D eigenvalue weighted by atomic mass is 16.4. The Morgan fingerprint density at radius 2 is 2.09 bits per heavy atom. The molecular formula is C18H24N2O2. The normalized spacial score (nSPS) is 13.2. The molecule has 1 aromatic carbocycles. The van der Waals surface area contributed by atoms with Crippen LogP contribution in [0.5, 0.6) is 0 Å². The number of aromatic nitrogens is 1. The first-order chi connectivity index (χ1) is 10.4. The van der Waals surface area contributed by atoms with Gasteiger partial charge in [0.2, 0.25) is 0 Å². The number of nitrogens with one attached hydrogen (secondary N) is 1. The van der Waals surface area contributed by atoms with Gasteiger partial charge in [-0.25, -0.2) is 0 Å². The Morgan fingerprint density at radius 3 is 2.77 bits per heavy atom. The number of nitrogens with zero attached hydrogens (tertiary/aromatic N) is 1. The van der Waals surface area contributed by atoms with Crippen molar-refractivity contribution in [3.05, 3.63) is 42.2 Å². The summed E-state index contributed by atoms with van der Waals surface area (Å²) in [4.78, 5) is 15.5. The lowest BCUT2D eigenvalue weighted by atomic mass is 9.88. The monoisotopic (exact) mass is 300 g/mol. The van der Waals surface area contributed by atoms with Gasteiger partial charge in [-0.15, -0.1) is 0 Å². The van der Waals surface area contributed by atoms with E-state index in [4.69, 9.17) is 0 Å². The maximum Gasteiger partial charge on any atom is 0.320 e. The third-order valence-corrected chi connectivity index (χ3v) is 3.79. The quantitative estimate of drug-likeness (QED) is 0.855. The van der Waals surface area contributed by atoms with Crippen LogP contribution in [-0.4, -0.2) is 22.1 Å². The first-order valence-corrected chi connectivity index (χ1v) is 7.65. The molecule has 0 aliphatic heterocycles. The molecule has 0 fully saturated rings. The van der Waals surface area contributed by atoms with E-state index >= 15 is 0 Å². The number of hydrogen-bond donors (Lipinski definition) is 2. The van der Waals surface area contributed by atoms with Crippen molar-refractivity contribution < 1.29 is 9.90 Å². The number of fused-ring (bicyclic) bond motifs is 1. The Hall–Kier alpha value is -1.94. The van der Waals surface area contributed by atoms with Crippen LogP contribution >= 0.6 is 0 Å². The summed E-state index contributed by atoms with van der Waals surface area (Å²) in [6.07, 6.45) is 5.09. The number of carboxylic acids is 1. The number of hydrogen-bond acceptors (Lipinski definition) is 3. The summed E-state index contributed by atoms with van der Waals surface area (Å²) in [7, 11) is 0. The average Bonchev–Trinajstić information content (AvgIpc) is 2.45. The molecule has 0 saturated carbocycles. The summed E-state index contributed by atoms with van der Waals surface area (Å²) in [5, 5.41) is 14.8. The predicted molar refractivity (Wildman–Crippen MR) is 88.7 cm³/mol. The largest absolute Gasteiger partial charge is 0.480 e. The Kier molecular flexibility index (Phi) is 5.14. The molecule has 1 atom stereocenters. The number of carbonyl (C=O) groups is 1. The molecule has 2 rings (SSSR count). The van der Waals surface area contributed by atoms with E-state index in [0.29, 0.717) is 13.0 Å². The van der Waals surface area contributed by atoms with Crippen LogP contribution in [0.15, 0.2) is 36.7 Å². The van der Waals surface area contributed by atoms with Crippen LogP contribution in [0.1, 0.15) is 39.2 Å². The number of rotatable bonds is 6. The fourth-order valence-electron chi connectivity index (χ4n) is 2.47. The molecule has 2 N–H and O–H groups in total. The van der Waals surface area contributed by atoms with E-state index in [1.807, 2.05) is 30.5 Å². The molecular weight excluding hydrogens is 276 g/mol. The van der Waals surface area contributed by atoms with E-state index in [0.717, 1.165) is 22.8 Å². The molecule has 22 heavy (non-hydrogen) atoms. The SMILES string of the molecule is CC(C)(C)CC[C@H](NCc1cccc2cnccc12)C(=O)O. The molecule has 0 saturated heterocycles. The van der Waals surface area contributed by atoms with Crippen LogP contribution in [0.25, 0.3) is 10.8 Å². The lowest BCUT2D eigenvalue weighted by Gasteiger charge is -2.22. The number of aliphatic carboxylic acids is 1. The van der Waals surface area contributed by atoms with Crippen molar-refractivity contribution in [2.75, 3.05) is 0 Å². The second-order valence-electron chi connectivity index (χ2n) is 6.89. The summed E-state index contributed by atoms with van der Waals surface area (Å²) in [5.41, 5.74) is 1.24. The van der Waals surface area contributed by atoms with Crippen molar-refractivity contribution in [3.8, 4) is 0 Å². The highest BCUT2D eigenvalue weighted by molar-refractivity contribution is 5.84. The second kappa shape index (κ2) is 6.88. The average molecular weight is 300 g/mol. The smallest absolute Gasteiger partial charge is 0.320 e. The molecule has 0 aliphatic carbocycles. The van der Waals surface area contributed by atoms with Gasteiger partial charge in [-0.3, -0.25) is 9.78 Å². The Morgan fingerprint density at radius 1 is 1.32 bits per heavy atom. The standard InChI is InChI=1S/C18H24N2O2/c1-18(2,3)9-7-16(17(21)22)20-12-14-6-4-5-13-11-19-10-8-15(13)14/h4-6,8,10-11,16,20H,7,9,12H2,1-3H3,(H,21,22)/t16-/m0/s1. The van der Waals surface area contributed by atoms with Crippen molar-refractivity contribution in [2.45, 2.75) is 46.2 Å². The highest BCUT2D eigenvalue weighted by Gasteiger charge is 2.20. The number of carboxylic acid groups (broad SMARTS) is 1. The van der Waals surface area contributed by atoms with Crippen LogP contribution in [0, 0.1) is 5.41 Å². The summed E-state index contributed by atoms with van der Waals surface area (Å²) in [6, 6.07) is 7.47. The van der Waals surface area contributed by atoms with Gasteiger partial charge in [0, 0.05) is 24.3 Å². The molecule has 0 amide bonds. The topological polar surface area (TPSA) is 62.2 Å². The molecule has 0 unspecified atom stereocenters. The van der Waals surface area contributed by atoms with Gasteiger partial charge in [0.25, 0.3) is 0 Å². The molecule has 0 aliphatic rings. The fraction of sp³-hybridized carbons (Fsp3) is 0.444. The highest BCUT2D eigenvalue weighted by Crippen LogP contribution is 2.22. The van der Waals surface area contributed by atoms with Crippen LogP contribution in [0.3, 0.4) is 0 Å². The van der Waals surface area contributed by atoms with E-state index in [9.17, 15) is 9.90 Å². The van der Waals surface area contributed by atoms with Gasteiger partial charge in [-0.1, -0.05) is 39.0 Å². The molecule has 2 aromatic rings. The zero-order chi connectivity index (χ0) is 16.2. The van der Waals surface area contributed by atoms with Crippen molar-refractivity contribution >= 4 is 16.7 Å². The van der Waals surface area contributed by atoms with Crippen molar-refractivity contribution in [1.82, 2.24) is 10.3 Å². The summed E-state index contributed by atoms with van der Waals surface area (Å²) in [6.45, 7) is 6.93. The summed E-state index contributed by atoms with van der Waals surface area (Å²) >= 11 is 0. The van der Waals surface area contributed by atoms with E-state index in [-0.39, 0.29) is 5.41 Å². The molecule has 4 nitrogen and oxygen atoms in total. The van der Waals surface area contributed by atoms with E-state index in [2.05, 4.69) is 31.1 Å². The van der Waals surface area contributed by atoms with Gasteiger partial charge >= 0.3 is 5.97 Å². The lowest BCUT2D eigenvalue weighted by molar-refractivity contribution is -0.139. The second-order valence-corrected chi connectivity index (χ2v) is 6.89. The Balaban J connectivity index is 2.06. The zero-order valence-electron chi connectivity index (χ0n) is 13.5. The van der Waals surface area contributed by atoms with Crippen molar-refractivity contribution in [3.63, 3.8) is 0 Å². The van der Waals surface area contributed by atoms with Gasteiger partial charge in [0.1, 0.15) is 6.04 Å². The van der Waals surface area contributed by atoms with E-state index in [1.54, 1.807) is 6.20 Å². The van der Waals surface area contributed by atoms with Crippen LogP contribution < -0.4 is 5.32 Å². The first-order valence-electron chi connectivity index (χ1n) is 7.65. The van der Waals surface area contributed by atoms with E-state index in [1.165, 1.54) is 0 Å². The minimum Gasteiger partial charge on any atom is -0.480 e. The van der Waals surface area contributed by atoms with Crippen LogP contribution in [0.2, 0.25) is 0 Å². The zero-order valence-corrected chi connectivity index (χ0v) is 13.5. The van der Waals surface area contributed by atoms with Crippen LogP contribution in [0.4, 0.5) is 0 Å². The Bertz CT molecular complexity index is 642. The van der Waals surface area contributed by atoms with E-state index < -0.39 is 12.0 Å². The fourth-order valence-corrected chi connectivity index (χ4v) is 2.47. The van der Waals surface area contributed by atoms with Gasteiger partial charge < -0.3 is 10.4 Å². The molecule has 0 spiro atoms. The van der Waals surface area contributed by atoms with Crippen LogP contribution in [-0.2, 0) is 11.3 Å². The molecule has 1 heterocycles. The minimum absolute atomic E-state index is 0.139. The third kappa shape index (κ3) is 4.53. The first kappa shape index (κ1) is 16.4. The van der Waals surface area contributed by atoms with Gasteiger partial charge in [-0.05, 0) is 35.3 Å². The summed E-state index contributed by atoms with van der Waals surface area (Å²) in [5.74, 6) is -0.786. The molecule has 4 heteroatoms. The van der Waals surface area contributed by atoms with Crippen molar-refractivity contribution in [1.29, 1.82) is 0 Å². The summed E-state index contributed by atoms with van der Waals surface area (Å²) < 4.78 is 0. The maximum absolute atomic E-state index is 11.4. The molecule has 0 radical (unpaired) electrons. The Labute approximate surface area is 131 Å². The minimum atomic E-state index is -0.786. The van der Waals surface area contributed by atoms with Gasteiger partial charge in [0.15, 0.2) is 0 Å². The van der Waals surface area contributed by atoms with Gasteiger partial charge in [0.05, 0.1) is 0 Å². The number of pyridine rings is 1. The molecule has 1 aromatic heterocycles. The maximum atomic E-state index is 11.4. The predicted octanol–water partition coefficient (Wildman–Crippen LogP) is 3.60. The third-order valence-electron chi connectivity index (χ3n) is 3.79. The van der Waals surface area contributed by atoms with Gasteiger partial charge in [-0.2, -0.15) is 0 Å². The lowest BCUT2D eigenvalue weighted by Crippen LogP contribution is -2.37. The van der Waals surface area contributed by atoms with Crippen molar-refractivity contribution in [2.24, 2.45) is 5.41 Å². The molecule has 0 bridgehead atoms.